The summed E-state index contributed by atoms with van der Waals surface area (Å²) in [5.74, 6) is -0.884. The molecule has 112 valence electrons. The standard InChI is InChI=1S/C14H17N3O3S/c15-8-7-11-3-5-13(6-4-11)21(19,20)17-9-1-2-12(10-17)14(16)18/h3-6,12H,1-2,7,9-10H2,(H2,16,18). The smallest absolute Gasteiger partial charge is 0.243 e. The second-order valence-corrected chi connectivity index (χ2v) is 7.02. The Hall–Kier alpha value is -1.91. The van der Waals surface area contributed by atoms with Gasteiger partial charge in [-0.25, -0.2) is 8.42 Å². The second-order valence-electron chi connectivity index (χ2n) is 5.08. The van der Waals surface area contributed by atoms with E-state index in [1.54, 1.807) is 12.1 Å². The van der Waals surface area contributed by atoms with Gasteiger partial charge in [0.05, 0.1) is 23.3 Å². The van der Waals surface area contributed by atoms with Gasteiger partial charge in [0, 0.05) is 13.1 Å². The molecule has 1 fully saturated rings. The monoisotopic (exact) mass is 307 g/mol. The van der Waals surface area contributed by atoms with Gasteiger partial charge in [0.15, 0.2) is 0 Å². The molecule has 0 bridgehead atoms. The van der Waals surface area contributed by atoms with Crippen LogP contribution in [0, 0.1) is 17.2 Å². The Balaban J connectivity index is 2.21. The van der Waals surface area contributed by atoms with E-state index in [0.29, 0.717) is 19.4 Å². The Labute approximate surface area is 124 Å². The number of benzene rings is 1. The number of amides is 1. The zero-order valence-electron chi connectivity index (χ0n) is 11.5. The van der Waals surface area contributed by atoms with Gasteiger partial charge in [0.2, 0.25) is 15.9 Å². The third-order valence-corrected chi connectivity index (χ3v) is 5.51. The summed E-state index contributed by atoms with van der Waals surface area (Å²) in [4.78, 5) is 11.4. The SMILES string of the molecule is N#CCc1ccc(S(=O)(=O)N2CCCC(C(N)=O)C2)cc1. The van der Waals surface area contributed by atoms with Crippen molar-refractivity contribution in [2.75, 3.05) is 13.1 Å². The van der Waals surface area contributed by atoms with Crippen LogP contribution in [-0.4, -0.2) is 31.7 Å². The minimum absolute atomic E-state index is 0.137. The van der Waals surface area contributed by atoms with E-state index in [4.69, 9.17) is 11.0 Å². The van der Waals surface area contributed by atoms with E-state index < -0.39 is 21.8 Å². The Kier molecular flexibility index (Phi) is 4.60. The van der Waals surface area contributed by atoms with Gasteiger partial charge in [0.1, 0.15) is 0 Å². The number of hydrogen-bond donors (Lipinski definition) is 1. The fraction of sp³-hybridized carbons (Fsp3) is 0.429. The number of nitrogens with zero attached hydrogens (tertiary/aromatic N) is 2. The van der Waals surface area contributed by atoms with Crippen molar-refractivity contribution >= 4 is 15.9 Å². The van der Waals surface area contributed by atoms with Crippen LogP contribution in [0.2, 0.25) is 0 Å². The Morgan fingerprint density at radius 3 is 2.62 bits per heavy atom. The zero-order chi connectivity index (χ0) is 15.5. The number of primary amides is 1. The van der Waals surface area contributed by atoms with Gasteiger partial charge >= 0.3 is 0 Å². The normalized spacial score (nSPS) is 19.9. The molecule has 0 saturated carbocycles. The van der Waals surface area contributed by atoms with Crippen LogP contribution < -0.4 is 5.73 Å². The lowest BCUT2D eigenvalue weighted by atomic mass is 9.99. The molecule has 0 aromatic heterocycles. The minimum Gasteiger partial charge on any atom is -0.369 e. The van der Waals surface area contributed by atoms with Crippen LogP contribution >= 0.6 is 0 Å². The first kappa shape index (κ1) is 15.5. The van der Waals surface area contributed by atoms with Crippen molar-refractivity contribution < 1.29 is 13.2 Å². The number of nitrogens with two attached hydrogens (primary N) is 1. The lowest BCUT2D eigenvalue weighted by molar-refractivity contribution is -0.122. The fourth-order valence-electron chi connectivity index (χ4n) is 2.41. The third kappa shape index (κ3) is 3.40. The molecule has 1 heterocycles. The van der Waals surface area contributed by atoms with Gasteiger partial charge in [-0.1, -0.05) is 12.1 Å². The van der Waals surface area contributed by atoms with Gasteiger partial charge in [-0.05, 0) is 30.5 Å². The summed E-state index contributed by atoms with van der Waals surface area (Å²) in [6, 6.07) is 8.27. The summed E-state index contributed by atoms with van der Waals surface area (Å²) in [6.45, 7) is 0.531. The predicted molar refractivity (Wildman–Crippen MR) is 76.4 cm³/mol. The van der Waals surface area contributed by atoms with E-state index in [-0.39, 0.29) is 17.9 Å². The van der Waals surface area contributed by atoms with Crippen LogP contribution in [0.1, 0.15) is 18.4 Å². The van der Waals surface area contributed by atoms with Crippen LogP contribution in [0.4, 0.5) is 0 Å². The molecule has 7 heteroatoms. The minimum atomic E-state index is -3.62. The molecule has 1 aliphatic heterocycles. The molecule has 1 atom stereocenters. The molecule has 1 unspecified atom stereocenters. The van der Waals surface area contributed by atoms with E-state index in [1.165, 1.54) is 16.4 Å². The maximum atomic E-state index is 12.5. The van der Waals surface area contributed by atoms with Crippen molar-refractivity contribution in [3.63, 3.8) is 0 Å². The molecule has 21 heavy (non-hydrogen) atoms. The molecular weight excluding hydrogens is 290 g/mol. The maximum absolute atomic E-state index is 12.5. The van der Waals surface area contributed by atoms with Gasteiger partial charge in [-0.15, -0.1) is 0 Å². The molecule has 1 aromatic rings. The number of carbonyl (C=O) groups is 1. The molecule has 1 aromatic carbocycles. The van der Waals surface area contributed by atoms with Crippen molar-refractivity contribution in [3.8, 4) is 6.07 Å². The highest BCUT2D eigenvalue weighted by molar-refractivity contribution is 7.89. The molecule has 6 nitrogen and oxygen atoms in total. The van der Waals surface area contributed by atoms with Gasteiger partial charge < -0.3 is 5.73 Å². The largest absolute Gasteiger partial charge is 0.369 e. The summed E-state index contributed by atoms with van der Waals surface area (Å²) in [5, 5.41) is 8.61. The molecule has 1 aliphatic rings. The van der Waals surface area contributed by atoms with Crippen molar-refractivity contribution in [1.82, 2.24) is 4.31 Å². The highest BCUT2D eigenvalue weighted by atomic mass is 32.2. The van der Waals surface area contributed by atoms with Crippen molar-refractivity contribution in [2.24, 2.45) is 11.7 Å². The first-order valence-electron chi connectivity index (χ1n) is 6.70. The van der Waals surface area contributed by atoms with E-state index in [9.17, 15) is 13.2 Å². The summed E-state index contributed by atoms with van der Waals surface area (Å²) in [6.07, 6.45) is 1.50. The molecule has 1 saturated heterocycles. The summed E-state index contributed by atoms with van der Waals surface area (Å²) in [5.41, 5.74) is 6.04. The van der Waals surface area contributed by atoms with E-state index >= 15 is 0 Å². The predicted octanol–water partition coefficient (Wildman–Crippen LogP) is 0.639. The van der Waals surface area contributed by atoms with E-state index in [1.807, 2.05) is 6.07 Å². The average Bonchev–Trinajstić information content (AvgIpc) is 2.48. The van der Waals surface area contributed by atoms with Crippen LogP contribution in [0.25, 0.3) is 0 Å². The highest BCUT2D eigenvalue weighted by Crippen LogP contribution is 2.23. The maximum Gasteiger partial charge on any atom is 0.243 e. The van der Waals surface area contributed by atoms with E-state index in [0.717, 1.165) is 5.56 Å². The topological polar surface area (TPSA) is 104 Å². The average molecular weight is 307 g/mol. The lowest BCUT2D eigenvalue weighted by Crippen LogP contribution is -2.44. The van der Waals surface area contributed by atoms with Gasteiger partial charge in [-0.3, -0.25) is 4.79 Å². The summed E-state index contributed by atoms with van der Waals surface area (Å²) in [7, 11) is -3.62. The van der Waals surface area contributed by atoms with Crippen LogP contribution in [0.5, 0.6) is 0 Å². The number of piperidine rings is 1. The first-order valence-corrected chi connectivity index (χ1v) is 8.14. The van der Waals surface area contributed by atoms with E-state index in [2.05, 4.69) is 0 Å². The molecule has 0 radical (unpaired) electrons. The zero-order valence-corrected chi connectivity index (χ0v) is 12.3. The Bertz CT molecular complexity index is 662. The van der Waals surface area contributed by atoms with Crippen LogP contribution in [0.3, 0.4) is 0 Å². The van der Waals surface area contributed by atoms with Crippen molar-refractivity contribution in [1.29, 1.82) is 5.26 Å². The Morgan fingerprint density at radius 1 is 1.38 bits per heavy atom. The van der Waals surface area contributed by atoms with Crippen LogP contribution in [-0.2, 0) is 21.2 Å². The van der Waals surface area contributed by atoms with Gasteiger partial charge in [0.25, 0.3) is 0 Å². The van der Waals surface area contributed by atoms with Crippen LogP contribution in [0.15, 0.2) is 29.2 Å². The number of hydrogen-bond acceptors (Lipinski definition) is 4. The summed E-state index contributed by atoms with van der Waals surface area (Å²) < 4.78 is 26.4. The molecule has 2 N–H and O–H groups in total. The summed E-state index contributed by atoms with van der Waals surface area (Å²) >= 11 is 0. The van der Waals surface area contributed by atoms with Crippen molar-refractivity contribution in [2.45, 2.75) is 24.2 Å². The quantitative estimate of drug-likeness (QED) is 0.881. The first-order chi connectivity index (χ1) is 9.95. The molecule has 0 spiro atoms. The number of rotatable bonds is 4. The number of nitriles is 1. The molecule has 2 rings (SSSR count). The third-order valence-electron chi connectivity index (χ3n) is 3.63. The Morgan fingerprint density at radius 2 is 2.05 bits per heavy atom. The highest BCUT2D eigenvalue weighted by Gasteiger charge is 2.32. The number of carbonyl (C=O) groups excluding carboxylic acids is 1. The fourth-order valence-corrected chi connectivity index (χ4v) is 3.94. The van der Waals surface area contributed by atoms with Gasteiger partial charge in [-0.2, -0.15) is 9.57 Å². The molecule has 0 aliphatic carbocycles. The number of sulfonamides is 1. The van der Waals surface area contributed by atoms with Crippen molar-refractivity contribution in [3.05, 3.63) is 29.8 Å². The molecular formula is C14H17N3O3S. The lowest BCUT2D eigenvalue weighted by Gasteiger charge is -2.30. The second kappa shape index (κ2) is 6.24. The molecule has 1 amide bonds.